The highest BCUT2D eigenvalue weighted by Crippen LogP contribution is 2.17. The van der Waals surface area contributed by atoms with E-state index in [4.69, 9.17) is 5.11 Å². The summed E-state index contributed by atoms with van der Waals surface area (Å²) < 4.78 is 0. The van der Waals surface area contributed by atoms with Crippen LogP contribution in [0.1, 0.15) is 28.8 Å². The van der Waals surface area contributed by atoms with E-state index >= 15 is 0 Å². The Morgan fingerprint density at radius 1 is 1.77 bits per heavy atom. The minimum atomic E-state index is -0.942. The molecule has 0 aliphatic carbocycles. The molecule has 0 aliphatic heterocycles. The van der Waals surface area contributed by atoms with Crippen molar-refractivity contribution in [1.29, 1.82) is 0 Å². The lowest BCUT2D eigenvalue weighted by Crippen LogP contribution is -1.96. The van der Waals surface area contributed by atoms with Crippen LogP contribution >= 0.6 is 23.1 Å². The number of thioether (sulfide) groups is 1. The molecule has 0 amide bonds. The first-order valence-corrected chi connectivity index (χ1v) is 6.03. The van der Waals surface area contributed by atoms with Crippen LogP contribution in [-0.4, -0.2) is 21.8 Å². The molecule has 0 spiro atoms. The average molecular weight is 217 g/mol. The zero-order valence-electron chi connectivity index (χ0n) is 7.32. The first kappa shape index (κ1) is 10.5. The maximum atomic E-state index is 10.5. The number of thiazole rings is 1. The molecule has 0 bridgehead atoms. The number of carbonyl (C=O) groups is 1. The van der Waals surface area contributed by atoms with Crippen LogP contribution in [-0.2, 0) is 5.75 Å². The minimum absolute atomic E-state index is 0.164. The van der Waals surface area contributed by atoms with E-state index in [0.29, 0.717) is 0 Å². The van der Waals surface area contributed by atoms with Crippen molar-refractivity contribution in [2.45, 2.75) is 19.1 Å². The highest BCUT2D eigenvalue weighted by Gasteiger charge is 2.07. The van der Waals surface area contributed by atoms with Crippen molar-refractivity contribution in [2.75, 3.05) is 5.75 Å². The Hall–Kier alpha value is -0.550. The van der Waals surface area contributed by atoms with Crippen molar-refractivity contribution in [3.63, 3.8) is 0 Å². The van der Waals surface area contributed by atoms with Crippen LogP contribution in [0.15, 0.2) is 5.38 Å². The molecule has 0 saturated carbocycles. The highest BCUT2D eigenvalue weighted by molar-refractivity contribution is 7.98. The largest absolute Gasteiger partial charge is 0.476 e. The summed E-state index contributed by atoms with van der Waals surface area (Å²) in [6, 6.07) is 0. The second kappa shape index (κ2) is 5.24. The lowest BCUT2D eigenvalue weighted by atomic mass is 10.5. The summed E-state index contributed by atoms with van der Waals surface area (Å²) in [4.78, 5) is 14.5. The van der Waals surface area contributed by atoms with Crippen molar-refractivity contribution in [2.24, 2.45) is 0 Å². The topological polar surface area (TPSA) is 50.2 Å². The normalized spacial score (nSPS) is 10.2. The molecule has 0 saturated heterocycles. The van der Waals surface area contributed by atoms with Crippen molar-refractivity contribution in [3.8, 4) is 0 Å². The zero-order chi connectivity index (χ0) is 9.68. The molecular weight excluding hydrogens is 206 g/mol. The number of aromatic carboxylic acids is 1. The predicted octanol–water partition coefficient (Wildman–Crippen LogP) is 2.48. The summed E-state index contributed by atoms with van der Waals surface area (Å²) >= 11 is 3.20. The fraction of sp³-hybridized carbons (Fsp3) is 0.500. The predicted molar refractivity (Wildman–Crippen MR) is 55.5 cm³/mol. The molecular formula is C8H11NO2S2. The Kier molecular flexibility index (Phi) is 4.24. The molecule has 0 fully saturated rings. The second-order valence-electron chi connectivity index (χ2n) is 2.48. The minimum Gasteiger partial charge on any atom is -0.476 e. The Morgan fingerprint density at radius 2 is 2.54 bits per heavy atom. The number of aromatic nitrogens is 1. The monoisotopic (exact) mass is 217 g/mol. The van der Waals surface area contributed by atoms with Gasteiger partial charge in [0.05, 0.1) is 0 Å². The maximum Gasteiger partial charge on any atom is 0.355 e. The molecule has 0 atom stereocenters. The lowest BCUT2D eigenvalue weighted by molar-refractivity contribution is 0.0691. The van der Waals surface area contributed by atoms with Crippen LogP contribution in [0.3, 0.4) is 0 Å². The standard InChI is InChI=1S/C8H11NO2S2/c1-2-3-12-5-7-9-6(4-13-7)8(10)11/h4H,2-3,5H2,1H3,(H,10,11). The Morgan fingerprint density at radius 3 is 3.08 bits per heavy atom. The molecule has 1 rings (SSSR count). The van der Waals surface area contributed by atoms with E-state index in [1.165, 1.54) is 11.3 Å². The van der Waals surface area contributed by atoms with Crippen LogP contribution < -0.4 is 0 Å². The maximum absolute atomic E-state index is 10.5. The van der Waals surface area contributed by atoms with Gasteiger partial charge in [0.25, 0.3) is 0 Å². The quantitative estimate of drug-likeness (QED) is 0.770. The van der Waals surface area contributed by atoms with Gasteiger partial charge in [0.15, 0.2) is 5.69 Å². The van der Waals surface area contributed by atoms with Gasteiger partial charge in [0.2, 0.25) is 0 Å². The third-order valence-electron chi connectivity index (χ3n) is 1.34. The van der Waals surface area contributed by atoms with Crippen LogP contribution in [0.25, 0.3) is 0 Å². The molecule has 1 heterocycles. The van der Waals surface area contributed by atoms with E-state index < -0.39 is 5.97 Å². The van der Waals surface area contributed by atoms with Gasteiger partial charge >= 0.3 is 5.97 Å². The molecule has 0 unspecified atom stereocenters. The van der Waals surface area contributed by atoms with E-state index in [1.54, 1.807) is 17.1 Å². The Balaban J connectivity index is 2.44. The van der Waals surface area contributed by atoms with Gasteiger partial charge in [-0.2, -0.15) is 11.8 Å². The Bertz CT molecular complexity index is 285. The summed E-state index contributed by atoms with van der Waals surface area (Å²) in [5.41, 5.74) is 0.164. The lowest BCUT2D eigenvalue weighted by Gasteiger charge is -1.93. The van der Waals surface area contributed by atoms with E-state index in [0.717, 1.165) is 22.9 Å². The molecule has 3 nitrogen and oxygen atoms in total. The fourth-order valence-electron chi connectivity index (χ4n) is 0.779. The summed E-state index contributed by atoms with van der Waals surface area (Å²) in [5, 5.41) is 11.1. The van der Waals surface area contributed by atoms with Crippen LogP contribution in [0, 0.1) is 0 Å². The molecule has 1 aromatic heterocycles. The molecule has 1 aromatic rings. The molecule has 5 heteroatoms. The van der Waals surface area contributed by atoms with Crippen molar-refractivity contribution >= 4 is 29.1 Å². The average Bonchev–Trinajstić information content (AvgIpc) is 2.53. The highest BCUT2D eigenvalue weighted by atomic mass is 32.2. The van der Waals surface area contributed by atoms with E-state index in [1.807, 2.05) is 0 Å². The van der Waals surface area contributed by atoms with Gasteiger partial charge in [0, 0.05) is 11.1 Å². The smallest absolute Gasteiger partial charge is 0.355 e. The first-order chi connectivity index (χ1) is 6.24. The van der Waals surface area contributed by atoms with E-state index in [2.05, 4.69) is 11.9 Å². The number of hydrogen-bond donors (Lipinski definition) is 1. The van der Waals surface area contributed by atoms with Gasteiger partial charge in [0.1, 0.15) is 5.01 Å². The molecule has 0 aliphatic rings. The van der Waals surface area contributed by atoms with Gasteiger partial charge in [-0.3, -0.25) is 0 Å². The fourth-order valence-corrected chi connectivity index (χ4v) is 2.53. The van der Waals surface area contributed by atoms with E-state index in [9.17, 15) is 4.79 Å². The van der Waals surface area contributed by atoms with Gasteiger partial charge in [-0.05, 0) is 12.2 Å². The van der Waals surface area contributed by atoms with Gasteiger partial charge in [-0.25, -0.2) is 9.78 Å². The van der Waals surface area contributed by atoms with Crippen LogP contribution in [0.4, 0.5) is 0 Å². The number of hydrogen-bond acceptors (Lipinski definition) is 4. The SMILES string of the molecule is CCCSCc1nc(C(=O)O)cs1. The van der Waals surface area contributed by atoms with Gasteiger partial charge in [-0.15, -0.1) is 11.3 Å². The summed E-state index contributed by atoms with van der Waals surface area (Å²) in [6.07, 6.45) is 1.14. The molecule has 72 valence electrons. The van der Waals surface area contributed by atoms with Crippen molar-refractivity contribution in [1.82, 2.24) is 4.98 Å². The summed E-state index contributed by atoms with van der Waals surface area (Å²) in [5.74, 6) is 0.983. The molecule has 0 radical (unpaired) electrons. The third kappa shape index (κ3) is 3.36. The number of carboxylic acids is 1. The van der Waals surface area contributed by atoms with E-state index in [-0.39, 0.29) is 5.69 Å². The third-order valence-corrected chi connectivity index (χ3v) is 3.55. The summed E-state index contributed by atoms with van der Waals surface area (Å²) in [6.45, 7) is 2.12. The molecule has 13 heavy (non-hydrogen) atoms. The van der Waals surface area contributed by atoms with Gasteiger partial charge in [-0.1, -0.05) is 6.92 Å². The van der Waals surface area contributed by atoms with Crippen LogP contribution in [0.5, 0.6) is 0 Å². The number of rotatable bonds is 5. The summed E-state index contributed by atoms with van der Waals surface area (Å²) in [7, 11) is 0. The van der Waals surface area contributed by atoms with Crippen LogP contribution in [0.2, 0.25) is 0 Å². The van der Waals surface area contributed by atoms with Crippen molar-refractivity contribution in [3.05, 3.63) is 16.1 Å². The molecule has 0 aromatic carbocycles. The number of nitrogens with zero attached hydrogens (tertiary/aromatic N) is 1. The second-order valence-corrected chi connectivity index (χ2v) is 4.53. The molecule has 1 N–H and O–H groups in total. The first-order valence-electron chi connectivity index (χ1n) is 3.99. The van der Waals surface area contributed by atoms with Gasteiger partial charge < -0.3 is 5.11 Å². The Labute approximate surface area is 85.2 Å². The zero-order valence-corrected chi connectivity index (χ0v) is 8.95. The van der Waals surface area contributed by atoms with Crippen molar-refractivity contribution < 1.29 is 9.90 Å². The number of carboxylic acid groups (broad SMARTS) is 1.